The van der Waals surface area contributed by atoms with Crippen molar-refractivity contribution in [3.8, 4) is 0 Å². The lowest BCUT2D eigenvalue weighted by atomic mass is 10.2. The number of carbonyl (C=O) groups excluding carboxylic acids is 2. The number of halogens is 1. The Kier molecular flexibility index (Phi) is 5.49. The molecule has 0 aliphatic carbocycles. The normalized spacial score (nSPS) is 10.1. The van der Waals surface area contributed by atoms with Crippen molar-refractivity contribution in [1.82, 2.24) is 10.3 Å². The highest BCUT2D eigenvalue weighted by Crippen LogP contribution is 2.24. The number of carbonyl (C=O) groups is 2. The molecule has 5 nitrogen and oxygen atoms in total. The minimum absolute atomic E-state index is 0.135. The molecule has 0 bridgehead atoms. The smallest absolute Gasteiger partial charge is 0.252 e. The lowest BCUT2D eigenvalue weighted by Crippen LogP contribution is -2.37. The molecule has 0 aliphatic rings. The monoisotopic (exact) mass is 317 g/mol. The van der Waals surface area contributed by atoms with Gasteiger partial charge in [-0.05, 0) is 24.3 Å². The highest BCUT2D eigenvalue weighted by molar-refractivity contribution is 6.33. The van der Waals surface area contributed by atoms with E-state index in [4.69, 9.17) is 11.6 Å². The topological polar surface area (TPSA) is 62.3 Å². The molecule has 2 rings (SSSR count). The fourth-order valence-corrected chi connectivity index (χ4v) is 2.24. The maximum absolute atomic E-state index is 11.9. The van der Waals surface area contributed by atoms with Gasteiger partial charge in [0.15, 0.2) is 0 Å². The average molecular weight is 318 g/mol. The molecule has 0 aliphatic heterocycles. The van der Waals surface area contributed by atoms with Crippen LogP contribution in [0.2, 0.25) is 5.02 Å². The summed E-state index contributed by atoms with van der Waals surface area (Å²) in [5.74, 6) is -0.362. The molecule has 1 aromatic carbocycles. The summed E-state index contributed by atoms with van der Waals surface area (Å²) in [4.78, 5) is 29.1. The summed E-state index contributed by atoms with van der Waals surface area (Å²) in [7, 11) is 0. The van der Waals surface area contributed by atoms with Gasteiger partial charge >= 0.3 is 0 Å². The number of amides is 2. The zero-order chi connectivity index (χ0) is 15.9. The van der Waals surface area contributed by atoms with Gasteiger partial charge in [0.2, 0.25) is 5.91 Å². The summed E-state index contributed by atoms with van der Waals surface area (Å²) in [5.41, 5.74) is 1.11. The average Bonchev–Trinajstić information content (AvgIpc) is 2.53. The number of pyridine rings is 1. The molecule has 2 aromatic rings. The number of hydrogen-bond acceptors (Lipinski definition) is 3. The molecule has 0 saturated carbocycles. The van der Waals surface area contributed by atoms with Gasteiger partial charge < -0.3 is 10.2 Å². The van der Waals surface area contributed by atoms with E-state index in [0.717, 1.165) is 0 Å². The molecule has 0 saturated heterocycles. The van der Waals surface area contributed by atoms with Gasteiger partial charge in [0.25, 0.3) is 5.91 Å². The molecule has 1 heterocycles. The van der Waals surface area contributed by atoms with E-state index < -0.39 is 0 Å². The van der Waals surface area contributed by atoms with Crippen molar-refractivity contribution in [3.63, 3.8) is 0 Å². The number of para-hydroxylation sites is 1. The minimum Gasteiger partial charge on any atom is -0.350 e. The first-order valence-corrected chi connectivity index (χ1v) is 7.18. The quantitative estimate of drug-likeness (QED) is 0.921. The standard InChI is InChI=1S/C16H16ClN3O2/c1-12(21)20(15-7-3-2-6-14(15)17)10-9-19-16(22)13-5-4-8-18-11-13/h2-8,11H,9-10H2,1H3,(H,19,22). The molecule has 0 spiro atoms. The van der Waals surface area contributed by atoms with E-state index >= 15 is 0 Å². The lowest BCUT2D eigenvalue weighted by Gasteiger charge is -2.22. The molecule has 0 fully saturated rings. The first kappa shape index (κ1) is 16.0. The van der Waals surface area contributed by atoms with Gasteiger partial charge in [0.1, 0.15) is 0 Å². The van der Waals surface area contributed by atoms with Crippen LogP contribution in [0.15, 0.2) is 48.8 Å². The van der Waals surface area contributed by atoms with E-state index in [2.05, 4.69) is 10.3 Å². The number of anilines is 1. The van der Waals surface area contributed by atoms with Crippen molar-refractivity contribution in [3.05, 3.63) is 59.4 Å². The summed E-state index contributed by atoms with van der Waals surface area (Å²) >= 11 is 6.11. The van der Waals surface area contributed by atoms with Gasteiger partial charge in [-0.25, -0.2) is 0 Å². The highest BCUT2D eigenvalue weighted by atomic mass is 35.5. The molecule has 0 radical (unpaired) electrons. The SMILES string of the molecule is CC(=O)N(CCNC(=O)c1cccnc1)c1ccccc1Cl. The molecule has 0 atom stereocenters. The number of hydrogen-bond donors (Lipinski definition) is 1. The van der Waals surface area contributed by atoms with Crippen LogP contribution in [0.3, 0.4) is 0 Å². The van der Waals surface area contributed by atoms with Crippen LogP contribution >= 0.6 is 11.6 Å². The van der Waals surface area contributed by atoms with Crippen LogP contribution in [0, 0.1) is 0 Å². The Hall–Kier alpha value is -2.40. The summed E-state index contributed by atoms with van der Waals surface area (Å²) in [5, 5.41) is 3.25. The van der Waals surface area contributed by atoms with E-state index in [0.29, 0.717) is 29.4 Å². The van der Waals surface area contributed by atoms with Gasteiger partial charge in [-0.1, -0.05) is 23.7 Å². The molecule has 1 N–H and O–H groups in total. The molecule has 114 valence electrons. The lowest BCUT2D eigenvalue weighted by molar-refractivity contribution is -0.116. The van der Waals surface area contributed by atoms with Gasteiger partial charge in [0, 0.05) is 32.4 Å². The number of rotatable bonds is 5. The fourth-order valence-electron chi connectivity index (χ4n) is 2.00. The van der Waals surface area contributed by atoms with Crippen LogP contribution in [0.25, 0.3) is 0 Å². The zero-order valence-electron chi connectivity index (χ0n) is 12.1. The number of nitrogens with one attached hydrogen (secondary N) is 1. The third-order valence-corrected chi connectivity index (χ3v) is 3.39. The van der Waals surface area contributed by atoms with Crippen molar-refractivity contribution in [2.45, 2.75) is 6.92 Å². The van der Waals surface area contributed by atoms with Crippen molar-refractivity contribution < 1.29 is 9.59 Å². The minimum atomic E-state index is -0.226. The van der Waals surface area contributed by atoms with Crippen LogP contribution < -0.4 is 10.2 Å². The second kappa shape index (κ2) is 7.56. The van der Waals surface area contributed by atoms with Gasteiger partial charge in [-0.2, -0.15) is 0 Å². The maximum Gasteiger partial charge on any atom is 0.252 e. The van der Waals surface area contributed by atoms with Gasteiger partial charge in [0.05, 0.1) is 16.3 Å². The molecule has 1 aromatic heterocycles. The largest absolute Gasteiger partial charge is 0.350 e. The van der Waals surface area contributed by atoms with Crippen molar-refractivity contribution in [2.24, 2.45) is 0 Å². The summed E-state index contributed by atoms with van der Waals surface area (Å²) in [6.07, 6.45) is 3.10. The summed E-state index contributed by atoms with van der Waals surface area (Å²) < 4.78 is 0. The Morgan fingerprint density at radius 1 is 1.23 bits per heavy atom. The van der Waals surface area contributed by atoms with Crippen molar-refractivity contribution in [1.29, 1.82) is 0 Å². The van der Waals surface area contributed by atoms with E-state index in [9.17, 15) is 9.59 Å². The van der Waals surface area contributed by atoms with Gasteiger partial charge in [-0.3, -0.25) is 14.6 Å². The van der Waals surface area contributed by atoms with E-state index in [1.807, 2.05) is 6.07 Å². The Bertz CT molecular complexity index is 661. The molecule has 6 heteroatoms. The van der Waals surface area contributed by atoms with Crippen LogP contribution in [0.4, 0.5) is 5.69 Å². The maximum atomic E-state index is 11.9. The third kappa shape index (κ3) is 4.05. The van der Waals surface area contributed by atoms with Crippen LogP contribution in [0.1, 0.15) is 17.3 Å². The predicted molar refractivity (Wildman–Crippen MR) is 86.0 cm³/mol. The van der Waals surface area contributed by atoms with Crippen LogP contribution in [-0.4, -0.2) is 29.9 Å². The van der Waals surface area contributed by atoms with Crippen molar-refractivity contribution in [2.75, 3.05) is 18.0 Å². The Balaban J connectivity index is 1.98. The summed E-state index contributed by atoms with van der Waals surface area (Å²) in [6, 6.07) is 10.5. The van der Waals surface area contributed by atoms with Crippen molar-refractivity contribution >= 4 is 29.1 Å². The highest BCUT2D eigenvalue weighted by Gasteiger charge is 2.14. The Labute approximate surface area is 133 Å². The molecule has 22 heavy (non-hydrogen) atoms. The predicted octanol–water partition coefficient (Wildman–Crippen LogP) is 2.52. The molecule has 2 amide bonds. The van der Waals surface area contributed by atoms with Crippen LogP contribution in [-0.2, 0) is 4.79 Å². The first-order valence-electron chi connectivity index (χ1n) is 6.80. The molecular formula is C16H16ClN3O2. The van der Waals surface area contributed by atoms with E-state index in [-0.39, 0.29) is 11.8 Å². The number of aromatic nitrogens is 1. The van der Waals surface area contributed by atoms with E-state index in [1.165, 1.54) is 18.0 Å². The third-order valence-electron chi connectivity index (χ3n) is 3.07. The second-order valence-corrected chi connectivity index (χ2v) is 5.03. The zero-order valence-corrected chi connectivity index (χ0v) is 12.9. The molecule has 0 unspecified atom stereocenters. The Morgan fingerprint density at radius 3 is 2.64 bits per heavy atom. The van der Waals surface area contributed by atoms with Crippen LogP contribution in [0.5, 0.6) is 0 Å². The first-order chi connectivity index (χ1) is 10.6. The molecular weight excluding hydrogens is 302 g/mol. The van der Waals surface area contributed by atoms with E-state index in [1.54, 1.807) is 36.5 Å². The summed E-state index contributed by atoms with van der Waals surface area (Å²) in [6.45, 7) is 2.12. The van der Waals surface area contributed by atoms with Gasteiger partial charge in [-0.15, -0.1) is 0 Å². The number of benzene rings is 1. The second-order valence-electron chi connectivity index (χ2n) is 4.62. The number of nitrogens with zero attached hydrogens (tertiary/aromatic N) is 2. The fraction of sp³-hybridized carbons (Fsp3) is 0.188. The Morgan fingerprint density at radius 2 is 2.00 bits per heavy atom.